The molecule has 0 atom stereocenters. The van der Waals surface area contributed by atoms with Crippen LogP contribution in [0.5, 0.6) is 5.75 Å². The molecule has 1 heterocycles. The van der Waals surface area contributed by atoms with Crippen LogP contribution in [-0.2, 0) is 6.61 Å². The van der Waals surface area contributed by atoms with Crippen LogP contribution in [0.25, 0.3) is 0 Å². The van der Waals surface area contributed by atoms with E-state index in [9.17, 15) is 4.39 Å². The summed E-state index contributed by atoms with van der Waals surface area (Å²) in [6, 6.07) is 4.67. The minimum Gasteiger partial charge on any atom is -0.486 e. The molecule has 0 aliphatic carbocycles. The van der Waals surface area contributed by atoms with Crippen LogP contribution in [-0.4, -0.2) is 16.7 Å². The molecule has 18 heavy (non-hydrogen) atoms. The molecule has 0 saturated heterocycles. The second-order valence-electron chi connectivity index (χ2n) is 3.73. The van der Waals surface area contributed by atoms with Crippen molar-refractivity contribution in [2.45, 2.75) is 20.5 Å². The van der Waals surface area contributed by atoms with Gasteiger partial charge in [0.05, 0.1) is 0 Å². The van der Waals surface area contributed by atoms with Gasteiger partial charge in [0.1, 0.15) is 18.2 Å². The zero-order valence-electron chi connectivity index (χ0n) is 10.2. The predicted molar refractivity (Wildman–Crippen MR) is 69.5 cm³/mol. The van der Waals surface area contributed by atoms with E-state index in [1.54, 1.807) is 19.1 Å². The molecule has 0 aliphatic rings. The first-order valence-electron chi connectivity index (χ1n) is 5.64. The highest BCUT2D eigenvalue weighted by Gasteiger charge is 2.05. The smallest absolute Gasteiger partial charge is 0.205 e. The van der Waals surface area contributed by atoms with Gasteiger partial charge < -0.3 is 10.1 Å². The lowest BCUT2D eigenvalue weighted by Gasteiger charge is -2.04. The van der Waals surface area contributed by atoms with Gasteiger partial charge in [0.2, 0.25) is 5.13 Å². The van der Waals surface area contributed by atoms with E-state index in [0.29, 0.717) is 17.9 Å². The SMILES string of the molecule is CCNc1nnc(COc2ccc(F)c(C)c2)s1. The molecule has 96 valence electrons. The Balaban J connectivity index is 1.95. The van der Waals surface area contributed by atoms with Crippen molar-refractivity contribution in [1.29, 1.82) is 0 Å². The summed E-state index contributed by atoms with van der Waals surface area (Å²) in [5, 5.41) is 12.6. The Kier molecular flexibility index (Phi) is 4.09. The first-order chi connectivity index (χ1) is 8.69. The van der Waals surface area contributed by atoms with E-state index in [1.165, 1.54) is 17.4 Å². The Morgan fingerprint density at radius 1 is 1.39 bits per heavy atom. The molecule has 0 radical (unpaired) electrons. The summed E-state index contributed by atoms with van der Waals surface area (Å²) < 4.78 is 18.6. The van der Waals surface area contributed by atoms with Crippen molar-refractivity contribution in [2.75, 3.05) is 11.9 Å². The predicted octanol–water partition coefficient (Wildman–Crippen LogP) is 3.00. The second-order valence-corrected chi connectivity index (χ2v) is 4.79. The third-order valence-electron chi connectivity index (χ3n) is 2.29. The fourth-order valence-corrected chi connectivity index (χ4v) is 2.11. The Hall–Kier alpha value is -1.69. The molecule has 1 aromatic heterocycles. The Morgan fingerprint density at radius 3 is 2.94 bits per heavy atom. The van der Waals surface area contributed by atoms with Crippen molar-refractivity contribution in [3.8, 4) is 5.75 Å². The maximum atomic E-state index is 13.1. The molecule has 1 N–H and O–H groups in total. The average molecular weight is 267 g/mol. The van der Waals surface area contributed by atoms with Crippen LogP contribution in [0.1, 0.15) is 17.5 Å². The van der Waals surface area contributed by atoms with Crippen LogP contribution in [0.4, 0.5) is 9.52 Å². The van der Waals surface area contributed by atoms with E-state index < -0.39 is 0 Å². The van der Waals surface area contributed by atoms with Crippen LogP contribution in [0, 0.1) is 12.7 Å². The van der Waals surface area contributed by atoms with Crippen LogP contribution in [0.3, 0.4) is 0 Å². The molecule has 1 aromatic carbocycles. The van der Waals surface area contributed by atoms with Gasteiger partial charge >= 0.3 is 0 Å². The molecule has 0 amide bonds. The Bertz CT molecular complexity index is 530. The minimum absolute atomic E-state index is 0.229. The van der Waals surface area contributed by atoms with Gasteiger partial charge in [0.25, 0.3) is 0 Å². The molecule has 0 unspecified atom stereocenters. The maximum Gasteiger partial charge on any atom is 0.205 e. The molecule has 2 rings (SSSR count). The molecule has 4 nitrogen and oxygen atoms in total. The highest BCUT2D eigenvalue weighted by molar-refractivity contribution is 7.15. The normalized spacial score (nSPS) is 10.4. The van der Waals surface area contributed by atoms with Gasteiger partial charge in [-0.25, -0.2) is 4.39 Å². The number of nitrogens with zero attached hydrogens (tertiary/aromatic N) is 2. The van der Waals surface area contributed by atoms with Gasteiger partial charge in [-0.1, -0.05) is 11.3 Å². The van der Waals surface area contributed by atoms with Crippen molar-refractivity contribution in [1.82, 2.24) is 10.2 Å². The van der Waals surface area contributed by atoms with Crippen LogP contribution in [0.15, 0.2) is 18.2 Å². The van der Waals surface area contributed by atoms with Gasteiger partial charge in [-0.05, 0) is 37.6 Å². The first kappa shape index (κ1) is 12.8. The van der Waals surface area contributed by atoms with E-state index in [1.807, 2.05) is 6.92 Å². The molecule has 0 saturated carbocycles. The standard InChI is InChI=1S/C12H14FN3OS/c1-3-14-12-16-15-11(18-12)7-17-9-4-5-10(13)8(2)6-9/h4-6H,3,7H2,1-2H3,(H,14,16). The number of benzene rings is 1. The van der Waals surface area contributed by atoms with Crippen molar-refractivity contribution in [3.63, 3.8) is 0 Å². The number of nitrogens with one attached hydrogen (secondary N) is 1. The number of anilines is 1. The number of rotatable bonds is 5. The highest BCUT2D eigenvalue weighted by atomic mass is 32.1. The zero-order chi connectivity index (χ0) is 13.0. The third-order valence-corrected chi connectivity index (χ3v) is 3.14. The third kappa shape index (κ3) is 3.16. The number of halogens is 1. The van der Waals surface area contributed by atoms with Crippen molar-refractivity contribution < 1.29 is 9.13 Å². The van der Waals surface area contributed by atoms with Crippen LogP contribution >= 0.6 is 11.3 Å². The molecule has 2 aromatic rings. The first-order valence-corrected chi connectivity index (χ1v) is 6.46. The summed E-state index contributed by atoms with van der Waals surface area (Å²) in [6.45, 7) is 4.86. The van der Waals surface area contributed by atoms with Gasteiger partial charge in [-0.3, -0.25) is 0 Å². The zero-order valence-corrected chi connectivity index (χ0v) is 11.1. The Morgan fingerprint density at radius 2 is 2.22 bits per heavy atom. The van der Waals surface area contributed by atoms with Gasteiger partial charge in [0.15, 0.2) is 5.01 Å². The highest BCUT2D eigenvalue weighted by Crippen LogP contribution is 2.19. The topological polar surface area (TPSA) is 47.0 Å². The van der Waals surface area contributed by atoms with E-state index in [0.717, 1.165) is 16.7 Å². The second kappa shape index (κ2) is 5.77. The summed E-state index contributed by atoms with van der Waals surface area (Å²) in [6.07, 6.45) is 0. The summed E-state index contributed by atoms with van der Waals surface area (Å²) in [5.41, 5.74) is 0.568. The average Bonchev–Trinajstić information content (AvgIpc) is 2.79. The van der Waals surface area contributed by atoms with Gasteiger partial charge in [-0.2, -0.15) is 0 Å². The minimum atomic E-state index is -0.229. The molecule has 0 bridgehead atoms. The lowest BCUT2D eigenvalue weighted by Crippen LogP contribution is -1.95. The van der Waals surface area contributed by atoms with Crippen LogP contribution in [0.2, 0.25) is 0 Å². The fraction of sp³-hybridized carbons (Fsp3) is 0.333. The largest absolute Gasteiger partial charge is 0.486 e. The monoisotopic (exact) mass is 267 g/mol. The number of hydrogen-bond acceptors (Lipinski definition) is 5. The van der Waals surface area contributed by atoms with E-state index in [2.05, 4.69) is 15.5 Å². The molecular formula is C12H14FN3OS. The fourth-order valence-electron chi connectivity index (χ4n) is 1.39. The van der Waals surface area contributed by atoms with Gasteiger partial charge in [0, 0.05) is 6.54 Å². The van der Waals surface area contributed by atoms with E-state index in [4.69, 9.17) is 4.74 Å². The molecular weight excluding hydrogens is 253 g/mol. The maximum absolute atomic E-state index is 13.1. The van der Waals surface area contributed by atoms with Crippen molar-refractivity contribution >= 4 is 16.5 Å². The lowest BCUT2D eigenvalue weighted by molar-refractivity contribution is 0.304. The van der Waals surface area contributed by atoms with Crippen molar-refractivity contribution in [2.24, 2.45) is 0 Å². The summed E-state index contributed by atoms with van der Waals surface area (Å²) in [5.74, 6) is 0.404. The quantitative estimate of drug-likeness (QED) is 0.904. The Labute approximate surface area is 109 Å². The summed E-state index contributed by atoms with van der Waals surface area (Å²) >= 11 is 1.45. The number of aromatic nitrogens is 2. The summed E-state index contributed by atoms with van der Waals surface area (Å²) in [4.78, 5) is 0. The van der Waals surface area contributed by atoms with Crippen molar-refractivity contribution in [3.05, 3.63) is 34.6 Å². The lowest BCUT2D eigenvalue weighted by atomic mass is 10.2. The van der Waals surface area contributed by atoms with E-state index in [-0.39, 0.29) is 5.82 Å². The molecule has 0 aliphatic heterocycles. The van der Waals surface area contributed by atoms with Gasteiger partial charge in [-0.15, -0.1) is 10.2 Å². The summed E-state index contributed by atoms with van der Waals surface area (Å²) in [7, 11) is 0. The number of ether oxygens (including phenoxy) is 1. The number of hydrogen-bond donors (Lipinski definition) is 1. The molecule has 0 spiro atoms. The molecule has 6 heteroatoms. The van der Waals surface area contributed by atoms with Crippen LogP contribution < -0.4 is 10.1 Å². The molecule has 0 fully saturated rings. The van der Waals surface area contributed by atoms with E-state index >= 15 is 0 Å². The number of aryl methyl sites for hydroxylation is 1.